The molecule has 3 aromatic rings. The van der Waals surface area contributed by atoms with Crippen LogP contribution in [0.4, 0.5) is 10.1 Å². The van der Waals surface area contributed by atoms with E-state index in [1.54, 1.807) is 55.5 Å². The van der Waals surface area contributed by atoms with E-state index in [0.717, 1.165) is 0 Å². The van der Waals surface area contributed by atoms with Crippen LogP contribution in [0.15, 0.2) is 78.4 Å². The van der Waals surface area contributed by atoms with Crippen LogP contribution in [-0.4, -0.2) is 18.5 Å². The number of amides is 1. The fourth-order valence-electron chi connectivity index (χ4n) is 2.87. The van der Waals surface area contributed by atoms with E-state index in [-0.39, 0.29) is 24.6 Å². The lowest BCUT2D eigenvalue weighted by atomic mass is 10.1. The van der Waals surface area contributed by atoms with Gasteiger partial charge in [0.25, 0.3) is 5.91 Å². The van der Waals surface area contributed by atoms with E-state index in [1.165, 1.54) is 30.3 Å². The molecule has 6 nitrogen and oxygen atoms in total. The van der Waals surface area contributed by atoms with Gasteiger partial charge in [0.1, 0.15) is 29.8 Å². The van der Waals surface area contributed by atoms with Gasteiger partial charge in [0, 0.05) is 5.69 Å². The Hall–Kier alpha value is -4.44. The van der Waals surface area contributed by atoms with Crippen molar-refractivity contribution in [3.05, 3.63) is 101 Å². The number of nitrogens with zero attached hydrogens (tertiary/aromatic N) is 1. The third-order valence-electron chi connectivity index (χ3n) is 4.50. The highest BCUT2D eigenvalue weighted by molar-refractivity contribution is 6.09. The Kier molecular flexibility index (Phi) is 7.92. The number of rotatable bonds is 8. The second-order valence-corrected chi connectivity index (χ2v) is 6.91. The molecule has 3 aromatic carbocycles. The van der Waals surface area contributed by atoms with Gasteiger partial charge in [-0.05, 0) is 72.7 Å². The molecular weight excluding hydrogens is 423 g/mol. The van der Waals surface area contributed by atoms with Gasteiger partial charge in [0.2, 0.25) is 0 Å². The van der Waals surface area contributed by atoms with Crippen molar-refractivity contribution in [2.75, 3.05) is 11.9 Å². The van der Waals surface area contributed by atoms with Crippen molar-refractivity contribution >= 4 is 23.6 Å². The molecule has 0 bridgehead atoms. The molecule has 3 rings (SSSR count). The quantitative estimate of drug-likeness (QED) is 0.296. The molecule has 1 N–H and O–H groups in total. The van der Waals surface area contributed by atoms with Gasteiger partial charge in [-0.15, -0.1) is 0 Å². The molecule has 0 aliphatic rings. The summed E-state index contributed by atoms with van der Waals surface area (Å²) in [6.07, 6.45) is 1.46. The number of nitrogens with one attached hydrogen (secondary N) is 1. The van der Waals surface area contributed by atoms with E-state index in [4.69, 9.17) is 9.47 Å². The summed E-state index contributed by atoms with van der Waals surface area (Å²) in [5, 5.41) is 12.0. The van der Waals surface area contributed by atoms with Gasteiger partial charge in [-0.25, -0.2) is 9.18 Å². The Bertz CT molecular complexity index is 1200. The number of carbonyl (C=O) groups excluding carboxylic acids is 2. The molecule has 0 saturated carbocycles. The molecule has 0 saturated heterocycles. The van der Waals surface area contributed by atoms with Crippen molar-refractivity contribution in [1.82, 2.24) is 0 Å². The molecule has 0 unspecified atom stereocenters. The zero-order valence-corrected chi connectivity index (χ0v) is 17.9. The molecule has 33 heavy (non-hydrogen) atoms. The van der Waals surface area contributed by atoms with Gasteiger partial charge >= 0.3 is 5.97 Å². The van der Waals surface area contributed by atoms with Crippen LogP contribution in [0.5, 0.6) is 5.75 Å². The van der Waals surface area contributed by atoms with Crippen molar-refractivity contribution in [3.8, 4) is 11.8 Å². The molecule has 0 fully saturated rings. The topological polar surface area (TPSA) is 88.4 Å². The molecule has 0 radical (unpaired) electrons. The van der Waals surface area contributed by atoms with Crippen LogP contribution in [0, 0.1) is 17.1 Å². The minimum Gasteiger partial charge on any atom is -0.489 e. The first kappa shape index (κ1) is 23.2. The van der Waals surface area contributed by atoms with Crippen LogP contribution in [0.3, 0.4) is 0 Å². The second kappa shape index (κ2) is 11.3. The Morgan fingerprint density at radius 1 is 1.06 bits per heavy atom. The molecular formula is C26H21FN2O4. The smallest absolute Gasteiger partial charge is 0.338 e. The van der Waals surface area contributed by atoms with Crippen molar-refractivity contribution in [2.24, 2.45) is 0 Å². The number of anilines is 1. The number of benzene rings is 3. The first-order valence-corrected chi connectivity index (χ1v) is 10.2. The Balaban J connectivity index is 1.61. The Labute approximate surface area is 190 Å². The molecule has 0 atom stereocenters. The predicted molar refractivity (Wildman–Crippen MR) is 122 cm³/mol. The van der Waals surface area contributed by atoms with Gasteiger partial charge in [-0.3, -0.25) is 4.79 Å². The van der Waals surface area contributed by atoms with Gasteiger partial charge in [0.15, 0.2) is 0 Å². The average Bonchev–Trinajstić information content (AvgIpc) is 2.82. The number of hydrogen-bond donors (Lipinski definition) is 1. The van der Waals surface area contributed by atoms with Crippen LogP contribution in [0.2, 0.25) is 0 Å². The summed E-state index contributed by atoms with van der Waals surface area (Å²) in [4.78, 5) is 24.2. The lowest BCUT2D eigenvalue weighted by molar-refractivity contribution is -0.112. The molecule has 0 heterocycles. The maximum Gasteiger partial charge on any atom is 0.338 e. The van der Waals surface area contributed by atoms with Gasteiger partial charge in [-0.1, -0.05) is 24.3 Å². The SMILES string of the molecule is CCOC(=O)c1ccc(NC(=O)/C(C#N)=C/c2ccc(OCc3cccc(F)c3)cc2)cc1. The van der Waals surface area contributed by atoms with Gasteiger partial charge in [0.05, 0.1) is 12.2 Å². The number of hydrogen-bond acceptors (Lipinski definition) is 5. The first-order chi connectivity index (χ1) is 16.0. The molecule has 0 aliphatic heterocycles. The summed E-state index contributed by atoms with van der Waals surface area (Å²) in [6.45, 7) is 2.21. The van der Waals surface area contributed by atoms with E-state index in [9.17, 15) is 19.2 Å². The molecule has 166 valence electrons. The van der Waals surface area contributed by atoms with E-state index < -0.39 is 11.9 Å². The Morgan fingerprint density at radius 2 is 1.79 bits per heavy atom. The summed E-state index contributed by atoms with van der Waals surface area (Å²) in [7, 11) is 0. The number of ether oxygens (including phenoxy) is 2. The van der Waals surface area contributed by atoms with Crippen LogP contribution in [-0.2, 0) is 16.1 Å². The second-order valence-electron chi connectivity index (χ2n) is 6.91. The molecule has 1 amide bonds. The largest absolute Gasteiger partial charge is 0.489 e. The van der Waals surface area contributed by atoms with Crippen LogP contribution in [0.25, 0.3) is 6.08 Å². The van der Waals surface area contributed by atoms with E-state index in [2.05, 4.69) is 5.32 Å². The van der Waals surface area contributed by atoms with Crippen molar-refractivity contribution in [3.63, 3.8) is 0 Å². The molecule has 0 aliphatic carbocycles. The first-order valence-electron chi connectivity index (χ1n) is 10.2. The van der Waals surface area contributed by atoms with Gasteiger partial charge in [-0.2, -0.15) is 5.26 Å². The zero-order valence-electron chi connectivity index (χ0n) is 17.9. The monoisotopic (exact) mass is 444 g/mol. The lowest BCUT2D eigenvalue weighted by Gasteiger charge is -2.07. The van der Waals surface area contributed by atoms with Crippen LogP contribution in [0.1, 0.15) is 28.4 Å². The third kappa shape index (κ3) is 6.77. The number of esters is 1. The van der Waals surface area contributed by atoms with Crippen LogP contribution < -0.4 is 10.1 Å². The maximum absolute atomic E-state index is 13.2. The minimum absolute atomic E-state index is 0.0853. The van der Waals surface area contributed by atoms with Crippen molar-refractivity contribution in [1.29, 1.82) is 5.26 Å². The van der Waals surface area contributed by atoms with E-state index in [0.29, 0.717) is 28.1 Å². The summed E-state index contributed by atoms with van der Waals surface area (Å²) >= 11 is 0. The molecule has 0 aromatic heterocycles. The van der Waals surface area contributed by atoms with Crippen molar-refractivity contribution < 1.29 is 23.5 Å². The third-order valence-corrected chi connectivity index (χ3v) is 4.50. The Morgan fingerprint density at radius 3 is 2.42 bits per heavy atom. The maximum atomic E-state index is 13.2. The minimum atomic E-state index is -0.576. The fourth-order valence-corrected chi connectivity index (χ4v) is 2.87. The normalized spacial score (nSPS) is 10.8. The molecule has 0 spiro atoms. The van der Waals surface area contributed by atoms with Crippen LogP contribution >= 0.6 is 0 Å². The zero-order chi connectivity index (χ0) is 23.6. The highest BCUT2D eigenvalue weighted by atomic mass is 19.1. The highest BCUT2D eigenvalue weighted by Gasteiger charge is 2.11. The lowest BCUT2D eigenvalue weighted by Crippen LogP contribution is -2.13. The van der Waals surface area contributed by atoms with E-state index >= 15 is 0 Å². The van der Waals surface area contributed by atoms with Crippen molar-refractivity contribution in [2.45, 2.75) is 13.5 Å². The highest BCUT2D eigenvalue weighted by Crippen LogP contribution is 2.18. The molecule has 7 heteroatoms. The summed E-state index contributed by atoms with van der Waals surface area (Å²) < 4.78 is 23.8. The number of halogens is 1. The average molecular weight is 444 g/mol. The summed E-state index contributed by atoms with van der Waals surface area (Å²) in [6, 6.07) is 21.0. The summed E-state index contributed by atoms with van der Waals surface area (Å²) in [5.41, 5.74) is 2.06. The van der Waals surface area contributed by atoms with E-state index in [1.807, 2.05) is 6.07 Å². The summed E-state index contributed by atoms with van der Waals surface area (Å²) in [5.74, 6) is -0.779. The number of nitriles is 1. The predicted octanol–water partition coefficient (Wildman–Crippen LogP) is 5.13. The number of carbonyl (C=O) groups is 2. The fraction of sp³-hybridized carbons (Fsp3) is 0.115. The standard InChI is InChI=1S/C26H21FN2O4/c1-2-32-26(31)20-8-10-23(11-9-20)29-25(30)21(16-28)14-18-6-12-24(13-7-18)33-17-19-4-3-5-22(27)15-19/h3-15H,2,17H2,1H3,(H,29,30)/b21-14+. The van der Waals surface area contributed by atoms with Gasteiger partial charge < -0.3 is 14.8 Å².